The number of nitro groups is 1. The van der Waals surface area contributed by atoms with Gasteiger partial charge in [-0.05, 0) is 31.5 Å². The Bertz CT molecular complexity index is 1020. The Hall–Kier alpha value is -3.20. The first-order chi connectivity index (χ1) is 13.5. The number of rotatable bonds is 7. The van der Waals surface area contributed by atoms with Crippen molar-refractivity contribution >= 4 is 29.0 Å². The summed E-state index contributed by atoms with van der Waals surface area (Å²) in [5.41, 5.74) is 3.34. The Morgan fingerprint density at radius 3 is 2.79 bits per heavy atom. The second-order valence-electron chi connectivity index (χ2n) is 6.19. The average Bonchev–Trinajstić information content (AvgIpc) is 3.10. The number of amides is 1. The Kier molecular flexibility index (Phi) is 6.05. The highest BCUT2D eigenvalue weighted by molar-refractivity contribution is 7.99. The molecule has 0 aliphatic carbocycles. The van der Waals surface area contributed by atoms with Crippen LogP contribution in [0.15, 0.2) is 53.9 Å². The van der Waals surface area contributed by atoms with Crippen LogP contribution in [0.25, 0.3) is 5.69 Å². The molecule has 3 aromatic rings. The average molecular weight is 397 g/mol. The van der Waals surface area contributed by atoms with Gasteiger partial charge in [0.1, 0.15) is 12.0 Å². The molecule has 0 radical (unpaired) electrons. The summed E-state index contributed by atoms with van der Waals surface area (Å²) < 4.78 is 1.89. The van der Waals surface area contributed by atoms with Crippen molar-refractivity contribution in [3.63, 3.8) is 0 Å². The first kappa shape index (κ1) is 19.6. The molecule has 0 saturated heterocycles. The van der Waals surface area contributed by atoms with Crippen LogP contribution in [0.4, 0.5) is 11.4 Å². The van der Waals surface area contributed by atoms with Gasteiger partial charge < -0.3 is 5.32 Å². The second kappa shape index (κ2) is 8.66. The number of anilines is 1. The van der Waals surface area contributed by atoms with Gasteiger partial charge in [0.2, 0.25) is 5.91 Å². The lowest BCUT2D eigenvalue weighted by molar-refractivity contribution is -0.383. The van der Waals surface area contributed by atoms with Gasteiger partial charge in [0.25, 0.3) is 5.69 Å². The van der Waals surface area contributed by atoms with Crippen molar-refractivity contribution in [2.24, 2.45) is 0 Å². The number of hydrogen-bond donors (Lipinski definition) is 1. The summed E-state index contributed by atoms with van der Waals surface area (Å²) in [5.74, 6) is 0.176. The molecule has 2 aromatic carbocycles. The Morgan fingerprint density at radius 2 is 2.04 bits per heavy atom. The van der Waals surface area contributed by atoms with Gasteiger partial charge in [-0.1, -0.05) is 41.6 Å². The van der Waals surface area contributed by atoms with Gasteiger partial charge >= 0.3 is 0 Å². The highest BCUT2D eigenvalue weighted by atomic mass is 32.2. The van der Waals surface area contributed by atoms with Crippen molar-refractivity contribution in [1.29, 1.82) is 0 Å². The standard InChI is InChI=1S/C19H19N5O3S/c1-13-7-8-16(14(2)11-13)23-12-20-22-19(23)28-10-9-18(25)21-15-5-3-4-6-17(15)24(26)27/h3-8,11-12H,9-10H2,1-2H3,(H,21,25). The summed E-state index contributed by atoms with van der Waals surface area (Å²) in [7, 11) is 0. The third-order valence-corrected chi connectivity index (χ3v) is 5.01. The van der Waals surface area contributed by atoms with Gasteiger partial charge in [0.05, 0.1) is 10.6 Å². The summed E-state index contributed by atoms with van der Waals surface area (Å²) in [6.45, 7) is 4.06. The fourth-order valence-corrected chi connectivity index (χ4v) is 3.61. The first-order valence-corrected chi connectivity index (χ1v) is 9.58. The summed E-state index contributed by atoms with van der Waals surface area (Å²) in [5, 5.41) is 22.4. The zero-order chi connectivity index (χ0) is 20.1. The van der Waals surface area contributed by atoms with Crippen LogP contribution >= 0.6 is 11.8 Å². The summed E-state index contributed by atoms with van der Waals surface area (Å²) in [4.78, 5) is 22.7. The zero-order valence-corrected chi connectivity index (χ0v) is 16.3. The Morgan fingerprint density at radius 1 is 1.25 bits per heavy atom. The quantitative estimate of drug-likeness (QED) is 0.368. The molecule has 1 heterocycles. The molecule has 28 heavy (non-hydrogen) atoms. The molecular weight excluding hydrogens is 378 g/mol. The first-order valence-electron chi connectivity index (χ1n) is 8.59. The molecule has 8 nitrogen and oxygen atoms in total. The fourth-order valence-electron chi connectivity index (χ4n) is 2.75. The predicted molar refractivity (Wildman–Crippen MR) is 108 cm³/mol. The monoisotopic (exact) mass is 397 g/mol. The van der Waals surface area contributed by atoms with Crippen molar-refractivity contribution in [2.75, 3.05) is 11.1 Å². The molecule has 0 bridgehead atoms. The van der Waals surface area contributed by atoms with Gasteiger partial charge in [-0.25, -0.2) is 0 Å². The van der Waals surface area contributed by atoms with Crippen molar-refractivity contribution in [3.05, 3.63) is 70.0 Å². The van der Waals surface area contributed by atoms with E-state index >= 15 is 0 Å². The van der Waals surface area contributed by atoms with Crippen LogP contribution < -0.4 is 5.32 Å². The summed E-state index contributed by atoms with van der Waals surface area (Å²) >= 11 is 1.41. The predicted octanol–water partition coefficient (Wildman–Crippen LogP) is 3.91. The lowest BCUT2D eigenvalue weighted by Crippen LogP contribution is -2.13. The highest BCUT2D eigenvalue weighted by Crippen LogP contribution is 2.25. The molecule has 1 aromatic heterocycles. The van der Waals surface area contributed by atoms with Gasteiger partial charge in [0, 0.05) is 18.2 Å². The number of nitrogens with one attached hydrogen (secondary N) is 1. The second-order valence-corrected chi connectivity index (χ2v) is 7.26. The molecule has 0 aliphatic rings. The molecule has 0 atom stereocenters. The SMILES string of the molecule is Cc1ccc(-n2cnnc2SCCC(=O)Nc2ccccc2[N+](=O)[O-])c(C)c1. The maximum atomic E-state index is 12.2. The van der Waals surface area contributed by atoms with E-state index < -0.39 is 4.92 Å². The number of carbonyl (C=O) groups is 1. The van der Waals surface area contributed by atoms with Crippen LogP contribution in [0.3, 0.4) is 0 Å². The Labute approximate surface area is 166 Å². The molecule has 3 rings (SSSR count). The van der Waals surface area contributed by atoms with Gasteiger partial charge in [-0.3, -0.25) is 19.5 Å². The number of benzene rings is 2. The maximum Gasteiger partial charge on any atom is 0.292 e. The highest BCUT2D eigenvalue weighted by Gasteiger charge is 2.15. The molecular formula is C19H19N5O3S. The normalized spacial score (nSPS) is 10.6. The fraction of sp³-hybridized carbons (Fsp3) is 0.211. The van der Waals surface area contributed by atoms with Crippen LogP contribution in [0.2, 0.25) is 0 Å². The van der Waals surface area contributed by atoms with Crippen LogP contribution in [0, 0.1) is 24.0 Å². The molecule has 0 unspecified atom stereocenters. The van der Waals surface area contributed by atoms with Crippen LogP contribution in [0.1, 0.15) is 17.5 Å². The van der Waals surface area contributed by atoms with E-state index in [1.807, 2.05) is 30.5 Å². The summed E-state index contributed by atoms with van der Waals surface area (Å²) in [6.07, 6.45) is 1.84. The zero-order valence-electron chi connectivity index (χ0n) is 15.5. The van der Waals surface area contributed by atoms with Gasteiger partial charge in [0.15, 0.2) is 5.16 Å². The van der Waals surface area contributed by atoms with Gasteiger partial charge in [-0.15, -0.1) is 10.2 Å². The smallest absolute Gasteiger partial charge is 0.292 e. The Balaban J connectivity index is 1.61. The van der Waals surface area contributed by atoms with Crippen LogP contribution in [0.5, 0.6) is 0 Å². The maximum absolute atomic E-state index is 12.2. The van der Waals surface area contributed by atoms with E-state index in [0.717, 1.165) is 11.3 Å². The molecule has 1 amide bonds. The number of nitro benzene ring substituents is 1. The van der Waals surface area contributed by atoms with Crippen LogP contribution in [-0.2, 0) is 4.79 Å². The molecule has 9 heteroatoms. The van der Waals surface area contributed by atoms with E-state index in [2.05, 4.69) is 21.6 Å². The van der Waals surface area contributed by atoms with E-state index in [9.17, 15) is 14.9 Å². The lowest BCUT2D eigenvalue weighted by Gasteiger charge is -2.10. The third-order valence-electron chi connectivity index (χ3n) is 4.06. The van der Waals surface area contributed by atoms with E-state index in [4.69, 9.17) is 0 Å². The number of hydrogen-bond acceptors (Lipinski definition) is 6. The minimum Gasteiger partial charge on any atom is -0.320 e. The minimum absolute atomic E-state index is 0.127. The van der Waals surface area contributed by atoms with E-state index in [1.165, 1.54) is 29.5 Å². The van der Waals surface area contributed by atoms with Crippen molar-refractivity contribution in [3.8, 4) is 5.69 Å². The number of nitrogens with zero attached hydrogens (tertiary/aromatic N) is 4. The number of thioether (sulfide) groups is 1. The number of carbonyl (C=O) groups excluding carboxylic acids is 1. The van der Waals surface area contributed by atoms with Crippen LogP contribution in [-0.4, -0.2) is 31.3 Å². The van der Waals surface area contributed by atoms with Crippen molar-refractivity contribution in [1.82, 2.24) is 14.8 Å². The number of aryl methyl sites for hydroxylation is 2. The van der Waals surface area contributed by atoms with E-state index in [-0.39, 0.29) is 23.7 Å². The number of aromatic nitrogens is 3. The molecule has 0 fully saturated rings. The molecule has 144 valence electrons. The van der Waals surface area contributed by atoms with Crippen molar-refractivity contribution in [2.45, 2.75) is 25.4 Å². The molecule has 1 N–H and O–H groups in total. The van der Waals surface area contributed by atoms with E-state index in [0.29, 0.717) is 10.9 Å². The third kappa shape index (κ3) is 4.55. The van der Waals surface area contributed by atoms with E-state index in [1.54, 1.807) is 18.5 Å². The molecule has 0 saturated carbocycles. The topological polar surface area (TPSA) is 103 Å². The minimum atomic E-state index is -0.517. The lowest BCUT2D eigenvalue weighted by atomic mass is 10.1. The number of para-hydroxylation sites is 2. The van der Waals surface area contributed by atoms with Gasteiger partial charge in [-0.2, -0.15) is 0 Å². The summed E-state index contributed by atoms with van der Waals surface area (Å²) in [6, 6.07) is 12.2. The van der Waals surface area contributed by atoms with Crippen molar-refractivity contribution < 1.29 is 9.72 Å². The largest absolute Gasteiger partial charge is 0.320 e. The molecule has 0 spiro atoms. The molecule has 0 aliphatic heterocycles.